The summed E-state index contributed by atoms with van der Waals surface area (Å²) in [6, 6.07) is 27.0. The number of benzene rings is 4. The lowest BCUT2D eigenvalue weighted by Gasteiger charge is -2.23. The first-order valence-electron chi connectivity index (χ1n) is 12.9. The number of hydrogen-bond donors (Lipinski definition) is 1. The highest BCUT2D eigenvalue weighted by Crippen LogP contribution is 2.45. The van der Waals surface area contributed by atoms with Gasteiger partial charge in [0.25, 0.3) is 5.78 Å². The lowest BCUT2D eigenvalue weighted by Crippen LogP contribution is -2.29. The Morgan fingerprint density at radius 2 is 1.57 bits per heavy atom. The Morgan fingerprint density at radius 3 is 2.33 bits per heavy atom. The average Bonchev–Trinajstić information content (AvgIpc) is 3.48. The number of fused-ring (bicyclic) bond motifs is 1. The number of amides is 1. The third-order valence-corrected chi connectivity index (χ3v) is 7.95. The molecule has 7 heteroatoms. The molecule has 2 heterocycles. The van der Waals surface area contributed by atoms with Gasteiger partial charge in [-0.15, -0.1) is 0 Å². The lowest BCUT2D eigenvalue weighted by atomic mass is 9.95. The van der Waals surface area contributed by atoms with Crippen LogP contribution in [0.3, 0.4) is 0 Å². The molecule has 4 aromatic carbocycles. The molecule has 0 aliphatic carbocycles. The molecule has 1 saturated heterocycles. The van der Waals surface area contributed by atoms with Crippen molar-refractivity contribution in [2.45, 2.75) is 26.8 Å². The summed E-state index contributed by atoms with van der Waals surface area (Å²) in [6.07, 6.45) is 0. The largest absolute Gasteiger partial charge is 0.507 e. The number of nitrogens with zero attached hydrogens (tertiary/aromatic N) is 2. The molecule has 6 nitrogen and oxygen atoms in total. The van der Waals surface area contributed by atoms with Crippen molar-refractivity contribution in [1.29, 1.82) is 0 Å². The van der Waals surface area contributed by atoms with Gasteiger partial charge >= 0.3 is 5.91 Å². The molecule has 1 fully saturated rings. The van der Waals surface area contributed by atoms with Crippen LogP contribution in [0.5, 0.6) is 11.5 Å². The quantitative estimate of drug-likeness (QED) is 0.139. The molecule has 0 spiro atoms. The minimum Gasteiger partial charge on any atom is -0.507 e. The summed E-state index contributed by atoms with van der Waals surface area (Å²) >= 11 is 1.35. The Balaban J connectivity index is 1.53. The number of ketones is 1. The number of aromatic nitrogens is 1. The second kappa shape index (κ2) is 10.1. The first-order chi connectivity index (χ1) is 19.3. The molecule has 1 aromatic heterocycles. The van der Waals surface area contributed by atoms with E-state index >= 15 is 0 Å². The second-order valence-electron chi connectivity index (χ2n) is 9.95. The monoisotopic (exact) mass is 546 g/mol. The number of carbonyl (C=O) groups excluding carboxylic acids is 2. The van der Waals surface area contributed by atoms with Crippen molar-refractivity contribution in [3.05, 3.63) is 124 Å². The van der Waals surface area contributed by atoms with Gasteiger partial charge < -0.3 is 9.84 Å². The zero-order valence-electron chi connectivity index (χ0n) is 22.2. The minimum atomic E-state index is -0.900. The summed E-state index contributed by atoms with van der Waals surface area (Å²) in [5.74, 6) is -0.523. The van der Waals surface area contributed by atoms with E-state index in [1.807, 2.05) is 93.6 Å². The molecule has 40 heavy (non-hydrogen) atoms. The van der Waals surface area contributed by atoms with E-state index < -0.39 is 17.7 Å². The minimum absolute atomic E-state index is 0.0119. The zero-order chi connectivity index (χ0) is 28.0. The molecule has 1 unspecified atom stereocenters. The molecular weight excluding hydrogens is 520 g/mol. The molecule has 1 amide bonds. The highest BCUT2D eigenvalue weighted by atomic mass is 32.1. The summed E-state index contributed by atoms with van der Waals surface area (Å²) in [4.78, 5) is 33.5. The van der Waals surface area contributed by atoms with Crippen molar-refractivity contribution in [1.82, 2.24) is 4.98 Å². The van der Waals surface area contributed by atoms with E-state index in [0.29, 0.717) is 27.8 Å². The Labute approximate surface area is 235 Å². The molecule has 1 aliphatic rings. The highest BCUT2D eigenvalue weighted by Gasteiger charge is 2.48. The van der Waals surface area contributed by atoms with Gasteiger partial charge in [-0.1, -0.05) is 77.6 Å². The van der Waals surface area contributed by atoms with Crippen molar-refractivity contribution in [3.63, 3.8) is 0 Å². The van der Waals surface area contributed by atoms with Gasteiger partial charge in [0.15, 0.2) is 5.13 Å². The van der Waals surface area contributed by atoms with Crippen molar-refractivity contribution in [2.24, 2.45) is 0 Å². The molecule has 5 aromatic rings. The average molecular weight is 547 g/mol. The van der Waals surface area contributed by atoms with Crippen molar-refractivity contribution in [2.75, 3.05) is 4.90 Å². The van der Waals surface area contributed by atoms with Gasteiger partial charge in [-0.25, -0.2) is 4.98 Å². The standard InChI is InChI=1S/C33H26N2O4S/c1-19-12-14-22(15-13-19)30(36)27-29(23-8-7-11-25(18-23)39-24-9-5-4-6-10-24)35(32(38)31(27)37)33-34-28-21(3)16-20(2)17-26(28)40-33/h4-18,29,36H,1-3H3/b30-27+. The van der Waals surface area contributed by atoms with E-state index in [1.165, 1.54) is 16.2 Å². The van der Waals surface area contributed by atoms with E-state index in [2.05, 4.69) is 0 Å². The number of Topliss-reactive ketones (excluding diaryl/α,β-unsaturated/α-hetero) is 1. The fourth-order valence-corrected chi connectivity index (χ4v) is 6.22. The van der Waals surface area contributed by atoms with Crippen LogP contribution < -0.4 is 9.64 Å². The zero-order valence-corrected chi connectivity index (χ0v) is 23.0. The number of ether oxygens (including phenoxy) is 1. The maximum absolute atomic E-state index is 13.7. The Morgan fingerprint density at radius 1 is 0.850 bits per heavy atom. The normalized spacial score (nSPS) is 16.6. The molecular formula is C33H26N2O4S. The molecule has 1 atom stereocenters. The second-order valence-corrected chi connectivity index (χ2v) is 11.0. The summed E-state index contributed by atoms with van der Waals surface area (Å²) in [7, 11) is 0. The third-order valence-electron chi connectivity index (χ3n) is 6.95. The summed E-state index contributed by atoms with van der Waals surface area (Å²) in [6.45, 7) is 5.93. The van der Waals surface area contributed by atoms with Gasteiger partial charge in [0.2, 0.25) is 0 Å². The number of aryl methyl sites for hydroxylation is 3. The maximum Gasteiger partial charge on any atom is 0.301 e. The number of rotatable bonds is 5. The van der Waals surface area contributed by atoms with E-state index in [0.717, 1.165) is 26.9 Å². The smallest absolute Gasteiger partial charge is 0.301 e. The number of aliphatic hydroxyl groups is 1. The summed E-state index contributed by atoms with van der Waals surface area (Å²) in [5, 5.41) is 11.8. The van der Waals surface area contributed by atoms with Crippen LogP contribution in [0.1, 0.15) is 33.9 Å². The van der Waals surface area contributed by atoms with Crippen molar-refractivity contribution >= 4 is 44.1 Å². The fourth-order valence-electron chi connectivity index (χ4n) is 5.05. The lowest BCUT2D eigenvalue weighted by molar-refractivity contribution is -0.132. The van der Waals surface area contributed by atoms with Gasteiger partial charge in [-0.05, 0) is 67.8 Å². The third kappa shape index (κ3) is 4.54. The van der Waals surface area contributed by atoms with Gasteiger partial charge in [-0.3, -0.25) is 14.5 Å². The Bertz CT molecular complexity index is 1810. The van der Waals surface area contributed by atoms with Gasteiger partial charge in [0, 0.05) is 5.56 Å². The molecule has 6 rings (SSSR count). The van der Waals surface area contributed by atoms with Crippen LogP contribution >= 0.6 is 11.3 Å². The number of para-hydroxylation sites is 1. The van der Waals surface area contributed by atoms with Crippen LogP contribution in [-0.4, -0.2) is 21.8 Å². The maximum atomic E-state index is 13.7. The highest BCUT2D eigenvalue weighted by molar-refractivity contribution is 7.22. The SMILES string of the molecule is Cc1ccc(/C(O)=C2\C(=O)C(=O)N(c3nc4c(C)cc(C)cc4s3)C2c2cccc(Oc3ccccc3)c2)cc1. The van der Waals surface area contributed by atoms with Crippen LogP contribution in [0.2, 0.25) is 0 Å². The van der Waals surface area contributed by atoms with Crippen LogP contribution in [0, 0.1) is 20.8 Å². The van der Waals surface area contributed by atoms with Crippen LogP contribution in [0.15, 0.2) is 96.6 Å². The molecule has 1 aliphatic heterocycles. The van der Waals surface area contributed by atoms with E-state index in [-0.39, 0.29) is 11.3 Å². The summed E-state index contributed by atoms with van der Waals surface area (Å²) in [5.41, 5.74) is 4.96. The van der Waals surface area contributed by atoms with Gasteiger partial charge in [0.05, 0.1) is 21.8 Å². The number of anilines is 1. The first-order valence-corrected chi connectivity index (χ1v) is 13.7. The number of thiazole rings is 1. The van der Waals surface area contributed by atoms with Crippen LogP contribution in [0.25, 0.3) is 16.0 Å². The van der Waals surface area contributed by atoms with Crippen molar-refractivity contribution in [3.8, 4) is 11.5 Å². The molecule has 198 valence electrons. The molecule has 0 saturated carbocycles. The first kappa shape index (κ1) is 25.5. The van der Waals surface area contributed by atoms with Crippen LogP contribution in [-0.2, 0) is 9.59 Å². The number of aliphatic hydroxyl groups excluding tert-OH is 1. The summed E-state index contributed by atoms with van der Waals surface area (Å²) < 4.78 is 6.99. The van der Waals surface area contributed by atoms with Gasteiger partial charge in [0.1, 0.15) is 17.3 Å². The van der Waals surface area contributed by atoms with E-state index in [4.69, 9.17) is 9.72 Å². The number of hydrogen-bond acceptors (Lipinski definition) is 6. The van der Waals surface area contributed by atoms with E-state index in [9.17, 15) is 14.7 Å². The van der Waals surface area contributed by atoms with E-state index in [1.54, 1.807) is 18.2 Å². The topological polar surface area (TPSA) is 79.7 Å². The Kier molecular flexibility index (Phi) is 6.44. The molecule has 1 N–H and O–H groups in total. The fraction of sp³-hybridized carbons (Fsp3) is 0.121. The Hall–Kier alpha value is -4.75. The molecule has 0 radical (unpaired) electrons. The van der Waals surface area contributed by atoms with Crippen molar-refractivity contribution < 1.29 is 19.4 Å². The number of carbonyl (C=O) groups is 2. The molecule has 0 bridgehead atoms. The van der Waals surface area contributed by atoms with Crippen LogP contribution in [0.4, 0.5) is 5.13 Å². The van der Waals surface area contributed by atoms with Gasteiger partial charge in [-0.2, -0.15) is 0 Å². The predicted molar refractivity (Wildman–Crippen MR) is 158 cm³/mol. The predicted octanol–water partition coefficient (Wildman–Crippen LogP) is 7.64.